The van der Waals surface area contributed by atoms with Crippen LogP contribution >= 0.6 is 0 Å². The van der Waals surface area contributed by atoms with Crippen molar-refractivity contribution in [1.82, 2.24) is 10.6 Å². The standard InChI is InChI=1S/C12H19F3N2O3/c1-8(2-3-9(18)19)6-17-10(20)11(12(13,14)15)4-5-16-7-11/h8,16H,2-7H2,1H3,(H,17,20)(H,18,19). The van der Waals surface area contributed by atoms with Crippen LogP contribution in [0.25, 0.3) is 0 Å². The van der Waals surface area contributed by atoms with Gasteiger partial charge in [0.2, 0.25) is 5.91 Å². The van der Waals surface area contributed by atoms with Crippen molar-refractivity contribution in [2.45, 2.75) is 32.4 Å². The summed E-state index contributed by atoms with van der Waals surface area (Å²) in [5.41, 5.74) is -2.36. The Morgan fingerprint density at radius 1 is 1.45 bits per heavy atom. The molecule has 0 saturated carbocycles. The van der Waals surface area contributed by atoms with Crippen LogP contribution in [0.4, 0.5) is 13.2 Å². The summed E-state index contributed by atoms with van der Waals surface area (Å²) in [6.07, 6.45) is -4.62. The molecule has 1 aliphatic rings. The summed E-state index contributed by atoms with van der Waals surface area (Å²) in [5.74, 6) is -2.18. The van der Waals surface area contributed by atoms with E-state index in [-0.39, 0.29) is 31.8 Å². The van der Waals surface area contributed by atoms with Crippen LogP contribution in [-0.4, -0.2) is 42.8 Å². The third-order valence-electron chi connectivity index (χ3n) is 3.59. The lowest BCUT2D eigenvalue weighted by atomic mass is 9.85. The zero-order valence-electron chi connectivity index (χ0n) is 11.2. The molecule has 1 fully saturated rings. The number of halogens is 3. The number of amides is 1. The van der Waals surface area contributed by atoms with Crippen LogP contribution in [-0.2, 0) is 9.59 Å². The molecule has 1 heterocycles. The fourth-order valence-electron chi connectivity index (χ4n) is 2.16. The first-order valence-electron chi connectivity index (χ1n) is 6.46. The quantitative estimate of drug-likeness (QED) is 0.687. The first-order valence-corrected chi connectivity index (χ1v) is 6.46. The molecule has 0 radical (unpaired) electrons. The van der Waals surface area contributed by atoms with Gasteiger partial charge in [0.05, 0.1) is 0 Å². The van der Waals surface area contributed by atoms with Crippen molar-refractivity contribution in [2.75, 3.05) is 19.6 Å². The number of hydrogen-bond donors (Lipinski definition) is 3. The second-order valence-electron chi connectivity index (χ2n) is 5.25. The highest BCUT2D eigenvalue weighted by Gasteiger charge is 2.61. The number of carbonyl (C=O) groups excluding carboxylic acids is 1. The molecule has 5 nitrogen and oxygen atoms in total. The molecule has 0 aliphatic carbocycles. The van der Waals surface area contributed by atoms with E-state index in [1.165, 1.54) is 0 Å². The van der Waals surface area contributed by atoms with Crippen LogP contribution in [0.3, 0.4) is 0 Å². The number of hydrogen-bond acceptors (Lipinski definition) is 3. The van der Waals surface area contributed by atoms with Crippen LogP contribution in [0.1, 0.15) is 26.2 Å². The molecular formula is C12H19F3N2O3. The van der Waals surface area contributed by atoms with Gasteiger partial charge in [-0.15, -0.1) is 0 Å². The number of alkyl halides is 3. The molecule has 2 atom stereocenters. The van der Waals surface area contributed by atoms with E-state index in [2.05, 4.69) is 10.6 Å². The molecule has 3 N–H and O–H groups in total. The fraction of sp³-hybridized carbons (Fsp3) is 0.833. The lowest BCUT2D eigenvalue weighted by molar-refractivity contribution is -0.216. The van der Waals surface area contributed by atoms with Gasteiger partial charge in [-0.05, 0) is 25.3 Å². The second kappa shape index (κ2) is 6.43. The monoisotopic (exact) mass is 296 g/mol. The van der Waals surface area contributed by atoms with Crippen molar-refractivity contribution in [3.05, 3.63) is 0 Å². The fourth-order valence-corrected chi connectivity index (χ4v) is 2.16. The first kappa shape index (κ1) is 16.7. The van der Waals surface area contributed by atoms with Crippen molar-refractivity contribution < 1.29 is 27.9 Å². The average molecular weight is 296 g/mol. The first-order chi connectivity index (χ1) is 9.19. The number of carbonyl (C=O) groups is 2. The summed E-state index contributed by atoms with van der Waals surface area (Å²) in [6.45, 7) is 1.48. The summed E-state index contributed by atoms with van der Waals surface area (Å²) in [5, 5.41) is 13.4. The lowest BCUT2D eigenvalue weighted by Crippen LogP contribution is -2.52. The normalized spacial score (nSPS) is 24.4. The summed E-state index contributed by atoms with van der Waals surface area (Å²) < 4.78 is 39.2. The largest absolute Gasteiger partial charge is 0.481 e. The van der Waals surface area contributed by atoms with Gasteiger partial charge in [0, 0.05) is 19.5 Å². The second-order valence-corrected chi connectivity index (χ2v) is 5.25. The van der Waals surface area contributed by atoms with E-state index in [9.17, 15) is 22.8 Å². The number of rotatable bonds is 6. The minimum absolute atomic E-state index is 0.0456. The molecule has 20 heavy (non-hydrogen) atoms. The molecule has 0 aromatic rings. The highest BCUT2D eigenvalue weighted by Crippen LogP contribution is 2.43. The summed E-state index contributed by atoms with van der Waals surface area (Å²) >= 11 is 0. The van der Waals surface area contributed by atoms with Crippen molar-refractivity contribution in [2.24, 2.45) is 11.3 Å². The van der Waals surface area contributed by atoms with Crippen molar-refractivity contribution in [3.63, 3.8) is 0 Å². The topological polar surface area (TPSA) is 78.4 Å². The maximum Gasteiger partial charge on any atom is 0.404 e. The minimum atomic E-state index is -4.59. The van der Waals surface area contributed by atoms with Gasteiger partial charge >= 0.3 is 12.1 Å². The Labute approximate surface area is 114 Å². The van der Waals surface area contributed by atoms with Gasteiger partial charge in [-0.2, -0.15) is 13.2 Å². The van der Waals surface area contributed by atoms with Crippen LogP contribution < -0.4 is 10.6 Å². The predicted octanol–water partition coefficient (Wildman–Crippen LogP) is 1.15. The Morgan fingerprint density at radius 3 is 2.55 bits per heavy atom. The molecule has 1 amide bonds. The van der Waals surface area contributed by atoms with E-state index in [0.29, 0.717) is 6.42 Å². The van der Waals surface area contributed by atoms with E-state index < -0.39 is 30.0 Å². The number of nitrogens with one attached hydrogen (secondary N) is 2. The van der Waals surface area contributed by atoms with Gasteiger partial charge in [-0.3, -0.25) is 9.59 Å². The summed E-state index contributed by atoms with van der Waals surface area (Å²) in [4.78, 5) is 22.3. The van der Waals surface area contributed by atoms with Crippen molar-refractivity contribution in [3.8, 4) is 0 Å². The minimum Gasteiger partial charge on any atom is -0.481 e. The van der Waals surface area contributed by atoms with E-state index in [4.69, 9.17) is 5.11 Å². The maximum absolute atomic E-state index is 13.1. The summed E-state index contributed by atoms with van der Waals surface area (Å²) in [6, 6.07) is 0. The van der Waals surface area contributed by atoms with E-state index in [1.807, 2.05) is 0 Å². The lowest BCUT2D eigenvalue weighted by Gasteiger charge is -2.29. The van der Waals surface area contributed by atoms with E-state index in [1.54, 1.807) is 6.92 Å². The van der Waals surface area contributed by atoms with E-state index in [0.717, 1.165) is 0 Å². The molecule has 0 aromatic heterocycles. The molecule has 1 rings (SSSR count). The third-order valence-corrected chi connectivity index (χ3v) is 3.59. The van der Waals surface area contributed by atoms with Gasteiger partial charge < -0.3 is 15.7 Å². The van der Waals surface area contributed by atoms with Crippen LogP contribution in [0.15, 0.2) is 0 Å². The average Bonchev–Trinajstić information content (AvgIpc) is 2.83. The molecule has 116 valence electrons. The van der Waals surface area contributed by atoms with Crippen LogP contribution in [0.5, 0.6) is 0 Å². The predicted molar refractivity (Wildman–Crippen MR) is 65.0 cm³/mol. The zero-order chi connectivity index (χ0) is 15.4. The smallest absolute Gasteiger partial charge is 0.404 e. The van der Waals surface area contributed by atoms with Crippen molar-refractivity contribution >= 4 is 11.9 Å². The number of carboxylic acids is 1. The van der Waals surface area contributed by atoms with Gasteiger partial charge in [0.1, 0.15) is 0 Å². The van der Waals surface area contributed by atoms with Crippen LogP contribution in [0, 0.1) is 11.3 Å². The molecule has 1 aliphatic heterocycles. The highest BCUT2D eigenvalue weighted by atomic mass is 19.4. The Morgan fingerprint density at radius 2 is 2.10 bits per heavy atom. The Bertz CT molecular complexity index is 365. The highest BCUT2D eigenvalue weighted by molar-refractivity contribution is 5.84. The maximum atomic E-state index is 13.1. The number of aliphatic carboxylic acids is 1. The third kappa shape index (κ3) is 3.84. The SMILES string of the molecule is CC(CCC(=O)O)CNC(=O)C1(C(F)(F)F)CCNC1. The Hall–Kier alpha value is -1.31. The number of carboxylic acid groups (broad SMARTS) is 1. The molecular weight excluding hydrogens is 277 g/mol. The van der Waals surface area contributed by atoms with Gasteiger partial charge in [-0.1, -0.05) is 6.92 Å². The van der Waals surface area contributed by atoms with Crippen LogP contribution in [0.2, 0.25) is 0 Å². The molecule has 2 unspecified atom stereocenters. The summed E-state index contributed by atoms with van der Waals surface area (Å²) in [7, 11) is 0. The van der Waals surface area contributed by atoms with Crippen molar-refractivity contribution in [1.29, 1.82) is 0 Å². The van der Waals surface area contributed by atoms with Gasteiger partial charge in [0.15, 0.2) is 5.41 Å². The Balaban J connectivity index is 2.54. The zero-order valence-corrected chi connectivity index (χ0v) is 11.2. The van der Waals surface area contributed by atoms with E-state index >= 15 is 0 Å². The van der Waals surface area contributed by atoms with Gasteiger partial charge in [0.25, 0.3) is 0 Å². The molecule has 8 heteroatoms. The molecule has 1 saturated heterocycles. The molecule has 0 aromatic carbocycles. The molecule has 0 spiro atoms. The molecule has 0 bridgehead atoms. The Kier molecular flexibility index (Phi) is 5.38. The van der Waals surface area contributed by atoms with Gasteiger partial charge in [-0.25, -0.2) is 0 Å².